The number of nitriles is 1. The number of hydrogen-bond donors (Lipinski definition) is 1. The van der Waals surface area contributed by atoms with Crippen LogP contribution in [0.2, 0.25) is 0 Å². The van der Waals surface area contributed by atoms with Crippen LogP contribution in [0.15, 0.2) is 46.9 Å². The number of nitrogens with one attached hydrogen (secondary N) is 1. The number of fused-ring (bicyclic) bond motifs is 1. The molecular weight excluding hydrogens is 360 g/mol. The summed E-state index contributed by atoms with van der Waals surface area (Å²) in [6.45, 7) is 3.71. The van der Waals surface area contributed by atoms with Crippen molar-refractivity contribution in [2.45, 2.75) is 13.8 Å². The van der Waals surface area contributed by atoms with E-state index in [-0.39, 0.29) is 5.76 Å². The number of carbonyl (C=O) groups excluding carboxylic acids is 2. The van der Waals surface area contributed by atoms with Crippen LogP contribution in [0.3, 0.4) is 0 Å². The van der Waals surface area contributed by atoms with Gasteiger partial charge in [-0.1, -0.05) is 0 Å². The fourth-order valence-electron chi connectivity index (χ4n) is 2.67. The first-order valence-electron chi connectivity index (χ1n) is 8.65. The van der Waals surface area contributed by atoms with E-state index >= 15 is 0 Å². The number of benzene rings is 2. The number of rotatable bonds is 6. The predicted molar refractivity (Wildman–Crippen MR) is 102 cm³/mol. The molecule has 0 bridgehead atoms. The number of nitrogens with zero attached hydrogens (tertiary/aromatic N) is 1. The SMILES string of the molecule is CCOc1ccc2oc(C(=O)OCC(=O)Nc3ccc(C#N)cc3)c(C)c2c1. The number of furan rings is 1. The van der Waals surface area contributed by atoms with E-state index in [4.69, 9.17) is 19.2 Å². The molecule has 0 fully saturated rings. The standard InChI is InChI=1S/C21H18N2O5/c1-3-26-16-8-9-18-17(10-16)13(2)20(28-18)21(25)27-12-19(24)23-15-6-4-14(11-22)5-7-15/h4-10H,3,12H2,1-2H3,(H,23,24). The lowest BCUT2D eigenvalue weighted by Crippen LogP contribution is -2.21. The molecule has 0 aliphatic heterocycles. The average Bonchev–Trinajstić information content (AvgIpc) is 3.03. The number of amides is 1. The van der Waals surface area contributed by atoms with Gasteiger partial charge in [0.15, 0.2) is 6.61 Å². The van der Waals surface area contributed by atoms with Crippen LogP contribution in [0.5, 0.6) is 5.75 Å². The Morgan fingerprint density at radius 2 is 1.93 bits per heavy atom. The summed E-state index contributed by atoms with van der Waals surface area (Å²) in [5, 5.41) is 12.1. The summed E-state index contributed by atoms with van der Waals surface area (Å²) in [7, 11) is 0. The van der Waals surface area contributed by atoms with Crippen molar-refractivity contribution in [2.24, 2.45) is 0 Å². The van der Waals surface area contributed by atoms with Crippen molar-refractivity contribution in [1.82, 2.24) is 0 Å². The minimum absolute atomic E-state index is 0.0508. The molecule has 3 aromatic rings. The number of aryl methyl sites for hydroxylation is 1. The zero-order valence-electron chi connectivity index (χ0n) is 15.4. The van der Waals surface area contributed by atoms with E-state index in [9.17, 15) is 9.59 Å². The molecule has 0 radical (unpaired) electrons. The van der Waals surface area contributed by atoms with Gasteiger partial charge in [0.1, 0.15) is 11.3 Å². The Morgan fingerprint density at radius 1 is 1.18 bits per heavy atom. The third-order valence-electron chi connectivity index (χ3n) is 4.04. The summed E-state index contributed by atoms with van der Waals surface area (Å²) >= 11 is 0. The molecule has 0 aliphatic rings. The number of anilines is 1. The van der Waals surface area contributed by atoms with Crippen LogP contribution in [-0.4, -0.2) is 25.1 Å². The second-order valence-corrected chi connectivity index (χ2v) is 5.96. The van der Waals surface area contributed by atoms with Gasteiger partial charge in [0, 0.05) is 16.6 Å². The fourth-order valence-corrected chi connectivity index (χ4v) is 2.67. The zero-order chi connectivity index (χ0) is 20.1. The van der Waals surface area contributed by atoms with Crippen LogP contribution >= 0.6 is 0 Å². The lowest BCUT2D eigenvalue weighted by molar-refractivity contribution is -0.119. The molecule has 1 heterocycles. The average molecular weight is 378 g/mol. The van der Waals surface area contributed by atoms with Gasteiger partial charge in [0.25, 0.3) is 5.91 Å². The van der Waals surface area contributed by atoms with Crippen molar-refractivity contribution in [2.75, 3.05) is 18.5 Å². The highest BCUT2D eigenvalue weighted by molar-refractivity contribution is 5.98. The van der Waals surface area contributed by atoms with E-state index < -0.39 is 18.5 Å². The van der Waals surface area contributed by atoms with Gasteiger partial charge in [-0.3, -0.25) is 4.79 Å². The largest absolute Gasteiger partial charge is 0.494 e. The molecule has 3 rings (SSSR count). The van der Waals surface area contributed by atoms with Crippen molar-refractivity contribution in [3.05, 3.63) is 59.4 Å². The molecule has 1 N–H and O–H groups in total. The second kappa shape index (κ2) is 8.27. The highest BCUT2D eigenvalue weighted by atomic mass is 16.5. The van der Waals surface area contributed by atoms with Gasteiger partial charge >= 0.3 is 5.97 Å². The molecule has 0 saturated heterocycles. The molecule has 1 amide bonds. The lowest BCUT2D eigenvalue weighted by Gasteiger charge is -2.06. The molecule has 7 heteroatoms. The zero-order valence-corrected chi connectivity index (χ0v) is 15.4. The molecule has 0 aliphatic carbocycles. The molecule has 1 aromatic heterocycles. The Hall–Kier alpha value is -3.79. The Morgan fingerprint density at radius 3 is 2.61 bits per heavy atom. The van der Waals surface area contributed by atoms with E-state index in [1.54, 1.807) is 49.4 Å². The van der Waals surface area contributed by atoms with Crippen LogP contribution in [-0.2, 0) is 9.53 Å². The van der Waals surface area contributed by atoms with Gasteiger partial charge in [0.2, 0.25) is 5.76 Å². The maximum atomic E-state index is 12.3. The van der Waals surface area contributed by atoms with Crippen molar-refractivity contribution in [3.63, 3.8) is 0 Å². The van der Waals surface area contributed by atoms with E-state index in [0.29, 0.717) is 34.8 Å². The topological polar surface area (TPSA) is 102 Å². The molecule has 142 valence electrons. The molecule has 2 aromatic carbocycles. The third kappa shape index (κ3) is 4.13. The Kier molecular flexibility index (Phi) is 5.61. The van der Waals surface area contributed by atoms with Crippen molar-refractivity contribution in [3.8, 4) is 11.8 Å². The van der Waals surface area contributed by atoms with Gasteiger partial charge in [0.05, 0.1) is 18.2 Å². The smallest absolute Gasteiger partial charge is 0.375 e. The van der Waals surface area contributed by atoms with Crippen LogP contribution in [0.4, 0.5) is 5.69 Å². The highest BCUT2D eigenvalue weighted by Crippen LogP contribution is 2.29. The lowest BCUT2D eigenvalue weighted by atomic mass is 10.1. The predicted octanol–water partition coefficient (Wildman–Crippen LogP) is 3.81. The summed E-state index contributed by atoms with van der Waals surface area (Å²) < 4.78 is 16.1. The van der Waals surface area contributed by atoms with E-state index in [2.05, 4.69) is 5.32 Å². The van der Waals surface area contributed by atoms with Crippen LogP contribution in [0.1, 0.15) is 28.6 Å². The number of ether oxygens (including phenoxy) is 2. The quantitative estimate of drug-likeness (QED) is 0.655. The molecule has 0 saturated carbocycles. The summed E-state index contributed by atoms with van der Waals surface area (Å²) in [6, 6.07) is 13.6. The summed E-state index contributed by atoms with van der Waals surface area (Å²) in [5.41, 5.74) is 2.14. The fraction of sp³-hybridized carbons (Fsp3) is 0.190. The molecule has 0 spiro atoms. The summed E-state index contributed by atoms with van der Waals surface area (Å²) in [6.07, 6.45) is 0. The highest BCUT2D eigenvalue weighted by Gasteiger charge is 2.20. The Balaban J connectivity index is 1.64. The third-order valence-corrected chi connectivity index (χ3v) is 4.04. The van der Waals surface area contributed by atoms with Gasteiger partial charge in [-0.2, -0.15) is 5.26 Å². The van der Waals surface area contributed by atoms with E-state index in [1.165, 1.54) is 0 Å². The summed E-state index contributed by atoms with van der Waals surface area (Å²) in [4.78, 5) is 24.3. The second-order valence-electron chi connectivity index (χ2n) is 5.96. The number of esters is 1. The van der Waals surface area contributed by atoms with E-state index in [1.807, 2.05) is 13.0 Å². The molecule has 7 nitrogen and oxygen atoms in total. The first-order valence-corrected chi connectivity index (χ1v) is 8.65. The van der Waals surface area contributed by atoms with Crippen LogP contribution < -0.4 is 10.1 Å². The van der Waals surface area contributed by atoms with Crippen molar-refractivity contribution in [1.29, 1.82) is 5.26 Å². The minimum atomic E-state index is -0.721. The number of hydrogen-bond acceptors (Lipinski definition) is 6. The first-order chi connectivity index (χ1) is 13.5. The Labute approximate surface area is 161 Å². The Bertz CT molecular complexity index is 1060. The normalized spacial score (nSPS) is 10.3. The van der Waals surface area contributed by atoms with Crippen LogP contribution in [0.25, 0.3) is 11.0 Å². The molecule has 0 atom stereocenters. The van der Waals surface area contributed by atoms with Gasteiger partial charge in [-0.05, 0) is 56.3 Å². The van der Waals surface area contributed by atoms with Gasteiger partial charge in [-0.15, -0.1) is 0 Å². The van der Waals surface area contributed by atoms with Crippen molar-refractivity contribution >= 4 is 28.5 Å². The van der Waals surface area contributed by atoms with Crippen LogP contribution in [0, 0.1) is 18.3 Å². The summed E-state index contributed by atoms with van der Waals surface area (Å²) in [5.74, 6) is -0.484. The number of carbonyl (C=O) groups is 2. The molecule has 0 unspecified atom stereocenters. The van der Waals surface area contributed by atoms with E-state index in [0.717, 1.165) is 5.39 Å². The van der Waals surface area contributed by atoms with Crippen molar-refractivity contribution < 1.29 is 23.5 Å². The maximum absolute atomic E-state index is 12.3. The molecular formula is C21H18N2O5. The monoisotopic (exact) mass is 378 g/mol. The first kappa shape index (κ1) is 19.0. The van der Waals surface area contributed by atoms with Gasteiger partial charge < -0.3 is 19.2 Å². The maximum Gasteiger partial charge on any atom is 0.375 e. The minimum Gasteiger partial charge on any atom is -0.494 e. The van der Waals surface area contributed by atoms with Gasteiger partial charge in [-0.25, -0.2) is 4.79 Å². The molecule has 28 heavy (non-hydrogen) atoms.